The zero-order chi connectivity index (χ0) is 22.2. The van der Waals surface area contributed by atoms with Gasteiger partial charge in [-0.15, -0.1) is 0 Å². The number of ether oxygens (including phenoxy) is 3. The van der Waals surface area contributed by atoms with Crippen molar-refractivity contribution in [3.63, 3.8) is 0 Å². The molecule has 168 valence electrons. The van der Waals surface area contributed by atoms with E-state index in [1.165, 1.54) is 12.1 Å². The minimum atomic E-state index is -0.227. The molecule has 1 aliphatic heterocycles. The number of nitrogens with zero attached hydrogens (tertiary/aromatic N) is 3. The second-order valence-electron chi connectivity index (χ2n) is 7.33. The lowest BCUT2D eigenvalue weighted by Crippen LogP contribution is -2.52. The van der Waals surface area contributed by atoms with Crippen LogP contribution in [0.3, 0.4) is 0 Å². The van der Waals surface area contributed by atoms with Gasteiger partial charge in [-0.1, -0.05) is 12.1 Å². The van der Waals surface area contributed by atoms with Crippen LogP contribution in [-0.2, 0) is 13.1 Å². The van der Waals surface area contributed by atoms with Crippen LogP contribution in [0, 0.1) is 5.82 Å². The lowest BCUT2D eigenvalue weighted by Gasteiger charge is -2.36. The van der Waals surface area contributed by atoms with Gasteiger partial charge in [0, 0.05) is 46.3 Å². The van der Waals surface area contributed by atoms with Crippen LogP contribution < -0.4 is 19.5 Å². The topological polar surface area (TPSA) is 58.6 Å². The molecule has 8 heteroatoms. The van der Waals surface area contributed by atoms with Crippen molar-refractivity contribution < 1.29 is 18.6 Å². The standard InChI is InChI=1S/C23H31FN4O3/c1-25-23(26-15-17-6-5-7-19(24)12-17)28-10-8-27(9-11-28)16-18-13-20(29-2)22(31-4)21(14-18)30-3/h5-7,12-14H,8-11,15-16H2,1-4H3,(H,25,26). The molecule has 0 spiro atoms. The summed E-state index contributed by atoms with van der Waals surface area (Å²) >= 11 is 0. The average molecular weight is 431 g/mol. The molecule has 0 saturated carbocycles. The molecular weight excluding hydrogens is 399 g/mol. The molecule has 1 aliphatic rings. The molecule has 1 fully saturated rings. The molecular formula is C23H31FN4O3. The number of halogens is 1. The smallest absolute Gasteiger partial charge is 0.203 e. The fourth-order valence-corrected chi connectivity index (χ4v) is 3.76. The van der Waals surface area contributed by atoms with Gasteiger partial charge in [0.1, 0.15) is 5.82 Å². The number of hydrogen-bond donors (Lipinski definition) is 1. The van der Waals surface area contributed by atoms with Gasteiger partial charge in [-0.05, 0) is 35.4 Å². The van der Waals surface area contributed by atoms with E-state index < -0.39 is 0 Å². The van der Waals surface area contributed by atoms with Gasteiger partial charge in [-0.2, -0.15) is 0 Å². The minimum Gasteiger partial charge on any atom is -0.493 e. The van der Waals surface area contributed by atoms with Crippen LogP contribution >= 0.6 is 0 Å². The highest BCUT2D eigenvalue weighted by molar-refractivity contribution is 5.80. The van der Waals surface area contributed by atoms with Crippen molar-refractivity contribution in [2.45, 2.75) is 13.1 Å². The lowest BCUT2D eigenvalue weighted by atomic mass is 10.1. The van der Waals surface area contributed by atoms with Crippen LogP contribution in [0.1, 0.15) is 11.1 Å². The van der Waals surface area contributed by atoms with Crippen molar-refractivity contribution in [3.8, 4) is 17.2 Å². The predicted octanol–water partition coefficient (Wildman–Crippen LogP) is 2.74. The first-order valence-corrected chi connectivity index (χ1v) is 10.3. The van der Waals surface area contributed by atoms with Crippen LogP contribution in [0.4, 0.5) is 4.39 Å². The van der Waals surface area contributed by atoms with Gasteiger partial charge in [0.25, 0.3) is 0 Å². The third-order valence-electron chi connectivity index (χ3n) is 5.35. The fraction of sp³-hybridized carbons (Fsp3) is 0.435. The molecule has 7 nitrogen and oxygen atoms in total. The second-order valence-corrected chi connectivity index (χ2v) is 7.33. The number of benzene rings is 2. The number of aliphatic imine (C=N–C) groups is 1. The first-order chi connectivity index (χ1) is 15.1. The summed E-state index contributed by atoms with van der Waals surface area (Å²) in [6.45, 7) is 4.84. The maximum atomic E-state index is 13.4. The highest BCUT2D eigenvalue weighted by Gasteiger charge is 2.21. The quantitative estimate of drug-likeness (QED) is 0.539. The number of methoxy groups -OCH3 is 3. The molecule has 0 amide bonds. The SMILES string of the molecule is CN=C(NCc1cccc(F)c1)N1CCN(Cc2cc(OC)c(OC)c(OC)c2)CC1. The molecule has 1 saturated heterocycles. The Morgan fingerprint density at radius 2 is 1.65 bits per heavy atom. The zero-order valence-corrected chi connectivity index (χ0v) is 18.7. The highest BCUT2D eigenvalue weighted by atomic mass is 19.1. The molecule has 0 radical (unpaired) electrons. The maximum Gasteiger partial charge on any atom is 0.203 e. The van der Waals surface area contributed by atoms with Gasteiger partial charge in [0.2, 0.25) is 5.75 Å². The average Bonchev–Trinajstić information content (AvgIpc) is 2.79. The van der Waals surface area contributed by atoms with Crippen LogP contribution in [0.25, 0.3) is 0 Å². The Kier molecular flexibility index (Phi) is 7.94. The minimum absolute atomic E-state index is 0.227. The van der Waals surface area contributed by atoms with Crippen molar-refractivity contribution in [2.75, 3.05) is 54.6 Å². The highest BCUT2D eigenvalue weighted by Crippen LogP contribution is 2.38. The van der Waals surface area contributed by atoms with Gasteiger partial charge in [-0.3, -0.25) is 9.89 Å². The Balaban J connectivity index is 1.56. The van der Waals surface area contributed by atoms with E-state index in [2.05, 4.69) is 20.1 Å². The summed E-state index contributed by atoms with van der Waals surface area (Å²) in [6, 6.07) is 10.6. The van der Waals surface area contributed by atoms with Gasteiger partial charge in [0.05, 0.1) is 21.3 Å². The van der Waals surface area contributed by atoms with Crippen LogP contribution in [0.2, 0.25) is 0 Å². The predicted molar refractivity (Wildman–Crippen MR) is 120 cm³/mol. The summed E-state index contributed by atoms with van der Waals surface area (Å²) in [4.78, 5) is 9.01. The molecule has 1 heterocycles. The number of nitrogens with one attached hydrogen (secondary N) is 1. The summed E-state index contributed by atoms with van der Waals surface area (Å²) in [7, 11) is 6.63. The number of hydrogen-bond acceptors (Lipinski definition) is 5. The van der Waals surface area contributed by atoms with E-state index in [9.17, 15) is 4.39 Å². The molecule has 2 aromatic carbocycles. The van der Waals surface area contributed by atoms with Gasteiger partial charge < -0.3 is 24.4 Å². The van der Waals surface area contributed by atoms with E-state index in [-0.39, 0.29) is 5.82 Å². The molecule has 2 aromatic rings. The van der Waals surface area contributed by atoms with Crippen molar-refractivity contribution in [2.24, 2.45) is 4.99 Å². The summed E-state index contributed by atoms with van der Waals surface area (Å²) in [5, 5.41) is 3.33. The van der Waals surface area contributed by atoms with Crippen LogP contribution in [-0.4, -0.2) is 70.3 Å². The van der Waals surface area contributed by atoms with E-state index in [0.29, 0.717) is 23.8 Å². The van der Waals surface area contributed by atoms with Gasteiger partial charge in [0.15, 0.2) is 17.5 Å². The Morgan fingerprint density at radius 3 is 2.19 bits per heavy atom. The number of piperazine rings is 1. The van der Waals surface area contributed by atoms with Gasteiger partial charge in [-0.25, -0.2) is 4.39 Å². The van der Waals surface area contributed by atoms with Crippen molar-refractivity contribution >= 4 is 5.96 Å². The first kappa shape index (κ1) is 22.7. The molecule has 0 unspecified atom stereocenters. The third-order valence-corrected chi connectivity index (χ3v) is 5.35. The molecule has 31 heavy (non-hydrogen) atoms. The fourth-order valence-electron chi connectivity index (χ4n) is 3.76. The maximum absolute atomic E-state index is 13.4. The number of rotatable bonds is 7. The third kappa shape index (κ3) is 5.79. The van der Waals surface area contributed by atoms with E-state index in [4.69, 9.17) is 14.2 Å². The Bertz CT molecular complexity index is 873. The monoisotopic (exact) mass is 430 g/mol. The summed E-state index contributed by atoms with van der Waals surface area (Å²) in [6.07, 6.45) is 0. The molecule has 0 bridgehead atoms. The van der Waals surface area contributed by atoms with E-state index in [1.54, 1.807) is 34.4 Å². The zero-order valence-electron chi connectivity index (χ0n) is 18.7. The normalized spacial score (nSPS) is 15.0. The largest absolute Gasteiger partial charge is 0.493 e. The molecule has 0 aliphatic carbocycles. The Labute approximate surface area is 183 Å². The Morgan fingerprint density at radius 1 is 0.968 bits per heavy atom. The van der Waals surface area contributed by atoms with Crippen LogP contribution in [0.5, 0.6) is 17.2 Å². The number of guanidine groups is 1. The second kappa shape index (κ2) is 10.9. The lowest BCUT2D eigenvalue weighted by molar-refractivity contribution is 0.172. The molecule has 3 rings (SSSR count). The van der Waals surface area contributed by atoms with E-state index in [1.807, 2.05) is 18.2 Å². The van der Waals surface area contributed by atoms with Crippen molar-refractivity contribution in [3.05, 3.63) is 53.3 Å². The van der Waals surface area contributed by atoms with Gasteiger partial charge >= 0.3 is 0 Å². The van der Waals surface area contributed by atoms with Crippen LogP contribution in [0.15, 0.2) is 41.4 Å². The Hall–Kier alpha value is -3.00. The van der Waals surface area contributed by atoms with Crippen molar-refractivity contribution in [1.29, 1.82) is 0 Å². The molecule has 0 aromatic heterocycles. The summed E-state index contributed by atoms with van der Waals surface area (Å²) in [5.41, 5.74) is 2.00. The van der Waals surface area contributed by atoms with E-state index >= 15 is 0 Å². The summed E-state index contributed by atoms with van der Waals surface area (Å²) in [5.74, 6) is 2.54. The first-order valence-electron chi connectivity index (χ1n) is 10.3. The van der Waals surface area contributed by atoms with E-state index in [0.717, 1.165) is 49.8 Å². The molecule has 0 atom stereocenters. The molecule has 1 N–H and O–H groups in total. The van der Waals surface area contributed by atoms with Crippen molar-refractivity contribution in [1.82, 2.24) is 15.1 Å². The summed E-state index contributed by atoms with van der Waals surface area (Å²) < 4.78 is 29.7.